The number of hydrogen-bond donors (Lipinski definition) is 1. The number of alkyl halides is 9. The molecule has 1 aromatic heterocycles. The normalized spacial score (nSPS) is 12.4. The average Bonchev–Trinajstić information content (AvgIpc) is 3.18. The highest BCUT2D eigenvalue weighted by Crippen LogP contribution is 2.38. The Labute approximate surface area is 183 Å². The van der Waals surface area contributed by atoms with E-state index in [4.69, 9.17) is 10.00 Å². The van der Waals surface area contributed by atoms with E-state index in [1.807, 2.05) is 0 Å². The average molecular weight is 496 g/mol. The van der Waals surface area contributed by atoms with Crippen LogP contribution in [0.15, 0.2) is 36.4 Å². The van der Waals surface area contributed by atoms with Crippen molar-refractivity contribution in [2.45, 2.75) is 25.3 Å². The minimum Gasteiger partial charge on any atom is -0.489 e. The van der Waals surface area contributed by atoms with Crippen LogP contribution in [0.25, 0.3) is 11.3 Å². The largest absolute Gasteiger partial charge is 0.573 e. The lowest BCUT2D eigenvalue weighted by atomic mass is 10.0. The number of halogens is 9. The van der Waals surface area contributed by atoms with Crippen LogP contribution in [0.2, 0.25) is 0 Å². The molecule has 3 aromatic rings. The second-order valence-corrected chi connectivity index (χ2v) is 6.53. The zero-order valence-corrected chi connectivity index (χ0v) is 16.2. The summed E-state index contributed by atoms with van der Waals surface area (Å²) in [6, 6.07) is 4.79. The van der Waals surface area contributed by atoms with Crippen molar-refractivity contribution in [1.82, 2.24) is 15.4 Å². The third-order valence-electron chi connectivity index (χ3n) is 4.17. The van der Waals surface area contributed by atoms with Gasteiger partial charge in [-0.15, -0.1) is 18.3 Å². The fourth-order valence-electron chi connectivity index (χ4n) is 2.82. The summed E-state index contributed by atoms with van der Waals surface area (Å²) in [5.74, 6) is -1.39. The molecule has 0 atom stereocenters. The van der Waals surface area contributed by atoms with E-state index < -0.39 is 53.5 Å². The molecule has 0 amide bonds. The van der Waals surface area contributed by atoms with E-state index in [0.717, 1.165) is 12.1 Å². The van der Waals surface area contributed by atoms with Crippen LogP contribution in [0.1, 0.15) is 22.4 Å². The van der Waals surface area contributed by atoms with Crippen molar-refractivity contribution in [2.24, 2.45) is 0 Å². The molecule has 34 heavy (non-hydrogen) atoms. The third-order valence-corrected chi connectivity index (χ3v) is 4.17. The van der Waals surface area contributed by atoms with Gasteiger partial charge >= 0.3 is 18.7 Å². The van der Waals surface area contributed by atoms with Crippen LogP contribution in [0.5, 0.6) is 11.5 Å². The molecule has 180 valence electrons. The Bertz CT molecular complexity index is 1220. The van der Waals surface area contributed by atoms with Crippen LogP contribution in [-0.4, -0.2) is 21.8 Å². The highest BCUT2D eigenvalue weighted by molar-refractivity contribution is 5.67. The molecule has 15 heteroatoms. The zero-order valence-electron chi connectivity index (χ0n) is 16.2. The lowest BCUT2D eigenvalue weighted by Gasteiger charge is -2.17. The van der Waals surface area contributed by atoms with Crippen molar-refractivity contribution in [3.63, 3.8) is 0 Å². The van der Waals surface area contributed by atoms with Gasteiger partial charge < -0.3 is 9.47 Å². The van der Waals surface area contributed by atoms with Gasteiger partial charge in [0.15, 0.2) is 5.69 Å². The number of aromatic nitrogens is 3. The second kappa shape index (κ2) is 8.76. The number of hydrogen-bond acceptors (Lipinski definition) is 5. The molecule has 0 aliphatic rings. The SMILES string of the molecule is N#Cc1n[nH]nc1-c1cc(OCc2cc(C(F)(F)F)ccc2C(F)(F)F)cc(OC(F)(F)F)c1. The van der Waals surface area contributed by atoms with Crippen molar-refractivity contribution in [3.8, 4) is 28.8 Å². The lowest BCUT2D eigenvalue weighted by molar-refractivity contribution is -0.274. The predicted molar refractivity (Wildman–Crippen MR) is 94.0 cm³/mol. The highest BCUT2D eigenvalue weighted by Gasteiger charge is 2.37. The van der Waals surface area contributed by atoms with Crippen LogP contribution < -0.4 is 9.47 Å². The van der Waals surface area contributed by atoms with Gasteiger partial charge in [0.05, 0.1) is 11.1 Å². The van der Waals surface area contributed by atoms with Crippen molar-refractivity contribution in [3.05, 3.63) is 58.8 Å². The molecule has 1 heterocycles. The van der Waals surface area contributed by atoms with Crippen LogP contribution in [0.4, 0.5) is 39.5 Å². The Hall–Kier alpha value is -3.96. The number of aromatic amines is 1. The number of benzene rings is 2. The quantitative estimate of drug-likeness (QED) is 0.448. The first-order valence-corrected chi connectivity index (χ1v) is 8.79. The fraction of sp³-hybridized carbons (Fsp3) is 0.211. The summed E-state index contributed by atoms with van der Waals surface area (Å²) in [6.07, 6.45) is -15.1. The molecule has 0 radical (unpaired) electrons. The topological polar surface area (TPSA) is 83.8 Å². The smallest absolute Gasteiger partial charge is 0.489 e. The Kier molecular flexibility index (Phi) is 6.36. The van der Waals surface area contributed by atoms with Gasteiger partial charge in [-0.1, -0.05) is 0 Å². The zero-order chi connectivity index (χ0) is 25.3. The molecule has 1 N–H and O–H groups in total. The van der Waals surface area contributed by atoms with Crippen LogP contribution in [-0.2, 0) is 19.0 Å². The van der Waals surface area contributed by atoms with E-state index in [2.05, 4.69) is 20.1 Å². The molecule has 2 aromatic carbocycles. The predicted octanol–water partition coefficient (Wildman–Crippen LogP) is 5.86. The first kappa shape index (κ1) is 24.7. The molecule has 0 fully saturated rings. The Balaban J connectivity index is 2.02. The third kappa shape index (κ3) is 5.88. The summed E-state index contributed by atoms with van der Waals surface area (Å²) < 4.78 is 126. The summed E-state index contributed by atoms with van der Waals surface area (Å²) >= 11 is 0. The number of nitrogens with one attached hydrogen (secondary N) is 1. The van der Waals surface area contributed by atoms with E-state index in [1.165, 1.54) is 0 Å². The summed E-state index contributed by atoms with van der Waals surface area (Å²) in [4.78, 5) is 0. The van der Waals surface area contributed by atoms with Crippen molar-refractivity contribution in [2.75, 3.05) is 0 Å². The van der Waals surface area contributed by atoms with Crippen molar-refractivity contribution < 1.29 is 49.0 Å². The second-order valence-electron chi connectivity index (χ2n) is 6.53. The maximum absolute atomic E-state index is 13.3. The fourth-order valence-corrected chi connectivity index (χ4v) is 2.82. The monoisotopic (exact) mass is 496 g/mol. The van der Waals surface area contributed by atoms with Gasteiger partial charge in [-0.2, -0.15) is 41.9 Å². The lowest BCUT2D eigenvalue weighted by Crippen LogP contribution is -2.17. The summed E-state index contributed by atoms with van der Waals surface area (Å²) in [7, 11) is 0. The van der Waals surface area contributed by atoms with Gasteiger partial charge in [-0.05, 0) is 30.3 Å². The highest BCUT2D eigenvalue weighted by atomic mass is 19.4. The molecule has 0 spiro atoms. The molecule has 0 saturated carbocycles. The van der Waals surface area contributed by atoms with Gasteiger partial charge in [0.25, 0.3) is 0 Å². The molecule has 6 nitrogen and oxygen atoms in total. The van der Waals surface area contributed by atoms with Gasteiger partial charge in [0.1, 0.15) is 29.9 Å². The molecular weight excluding hydrogens is 487 g/mol. The summed E-state index contributed by atoms with van der Waals surface area (Å²) in [6.45, 7) is -1.09. The molecular formula is C19H9F9N4O2. The van der Waals surface area contributed by atoms with Gasteiger partial charge in [-0.3, -0.25) is 0 Å². The number of nitrogens with zero attached hydrogens (tertiary/aromatic N) is 3. The van der Waals surface area contributed by atoms with E-state index >= 15 is 0 Å². The van der Waals surface area contributed by atoms with Crippen LogP contribution >= 0.6 is 0 Å². The Morgan fingerprint density at radius 2 is 1.53 bits per heavy atom. The Morgan fingerprint density at radius 1 is 0.853 bits per heavy atom. The molecule has 0 bridgehead atoms. The summed E-state index contributed by atoms with van der Waals surface area (Å²) in [5, 5.41) is 18.2. The maximum atomic E-state index is 13.3. The van der Waals surface area contributed by atoms with Gasteiger partial charge in [0, 0.05) is 17.2 Å². The molecule has 0 aliphatic carbocycles. The van der Waals surface area contributed by atoms with Gasteiger partial charge in [0.2, 0.25) is 0 Å². The molecule has 0 unspecified atom stereocenters. The van der Waals surface area contributed by atoms with E-state index in [1.54, 1.807) is 6.07 Å². The number of nitriles is 1. The first-order chi connectivity index (χ1) is 15.7. The number of rotatable bonds is 5. The molecule has 0 aliphatic heterocycles. The standard InChI is InChI=1S/C19H9F9N4O2/c20-17(21,22)11-1-2-14(18(23,24)25)10(3-11)8-33-12-4-9(16-15(7-29)30-32-31-16)5-13(6-12)34-19(26,27)28/h1-6H,8H2,(H,30,31,32). The van der Waals surface area contributed by atoms with Crippen molar-refractivity contribution in [1.29, 1.82) is 5.26 Å². The van der Waals surface area contributed by atoms with Gasteiger partial charge in [-0.25, -0.2) is 0 Å². The first-order valence-electron chi connectivity index (χ1n) is 8.79. The maximum Gasteiger partial charge on any atom is 0.573 e. The Morgan fingerprint density at radius 3 is 2.12 bits per heavy atom. The minimum atomic E-state index is -5.16. The van der Waals surface area contributed by atoms with E-state index in [0.29, 0.717) is 6.07 Å². The van der Waals surface area contributed by atoms with Crippen LogP contribution in [0, 0.1) is 11.3 Å². The van der Waals surface area contributed by atoms with Crippen LogP contribution in [0.3, 0.4) is 0 Å². The minimum absolute atomic E-state index is 0.192. The van der Waals surface area contributed by atoms with E-state index in [9.17, 15) is 39.5 Å². The number of ether oxygens (including phenoxy) is 2. The van der Waals surface area contributed by atoms with E-state index in [-0.39, 0.29) is 35.2 Å². The summed E-state index contributed by atoms with van der Waals surface area (Å²) in [5.41, 5.74) is -4.46. The van der Waals surface area contributed by atoms with Crippen molar-refractivity contribution >= 4 is 0 Å². The number of H-pyrrole nitrogens is 1. The molecule has 3 rings (SSSR count). The molecule has 0 saturated heterocycles.